The van der Waals surface area contributed by atoms with Crippen LogP contribution in [-0.2, 0) is 17.8 Å². The second-order valence-corrected chi connectivity index (χ2v) is 5.93. The van der Waals surface area contributed by atoms with Crippen LogP contribution in [0.25, 0.3) is 11.0 Å². The lowest BCUT2D eigenvalue weighted by atomic mass is 10.1. The lowest BCUT2D eigenvalue weighted by Gasteiger charge is -2.14. The molecule has 0 aliphatic carbocycles. The maximum absolute atomic E-state index is 12.5. The van der Waals surface area contributed by atoms with Gasteiger partial charge >= 0.3 is 11.7 Å². The van der Waals surface area contributed by atoms with Crippen molar-refractivity contribution in [1.82, 2.24) is 9.55 Å². The molecule has 0 unspecified atom stereocenters. The summed E-state index contributed by atoms with van der Waals surface area (Å²) in [7, 11) is 4.55. The van der Waals surface area contributed by atoms with Crippen LogP contribution in [0.2, 0.25) is 0 Å². The molecule has 3 rings (SSSR count). The normalized spacial score (nSPS) is 10.8. The Morgan fingerprint density at radius 2 is 1.78 bits per heavy atom. The van der Waals surface area contributed by atoms with Crippen molar-refractivity contribution in [3.8, 4) is 17.2 Å². The molecule has 0 radical (unpaired) electrons. The third-order valence-corrected chi connectivity index (χ3v) is 4.28. The predicted octanol–water partition coefficient (Wildman–Crippen LogP) is 2.03. The number of ether oxygens (including phenoxy) is 3. The Kier molecular flexibility index (Phi) is 5.07. The fraction of sp³-hybridized carbons (Fsp3) is 0.263. The maximum atomic E-state index is 12.5. The van der Waals surface area contributed by atoms with E-state index in [-0.39, 0.29) is 18.7 Å². The van der Waals surface area contributed by atoms with Crippen LogP contribution in [-0.4, -0.2) is 42.0 Å². The first kappa shape index (κ1) is 18.4. The van der Waals surface area contributed by atoms with Crippen LogP contribution in [0, 0.1) is 0 Å². The minimum Gasteiger partial charge on any atom is -0.493 e. The van der Waals surface area contributed by atoms with Gasteiger partial charge in [0, 0.05) is 0 Å². The summed E-state index contributed by atoms with van der Waals surface area (Å²) >= 11 is 0. The molecule has 0 aliphatic rings. The molecule has 0 spiro atoms. The Bertz CT molecular complexity index is 1030. The minimum absolute atomic E-state index is 0.177. The summed E-state index contributed by atoms with van der Waals surface area (Å²) in [5, 5.41) is 9.16. The van der Waals surface area contributed by atoms with Gasteiger partial charge < -0.3 is 24.3 Å². The van der Waals surface area contributed by atoms with Crippen molar-refractivity contribution < 1.29 is 24.1 Å². The fourth-order valence-electron chi connectivity index (χ4n) is 3.16. The number of aliphatic carboxylic acids is 1. The largest absolute Gasteiger partial charge is 0.493 e. The summed E-state index contributed by atoms with van der Waals surface area (Å²) in [5.41, 5.74) is 2.14. The number of H-pyrrole nitrogens is 1. The van der Waals surface area contributed by atoms with Crippen molar-refractivity contribution in [1.29, 1.82) is 0 Å². The fourth-order valence-corrected chi connectivity index (χ4v) is 3.16. The van der Waals surface area contributed by atoms with E-state index in [1.54, 1.807) is 30.3 Å². The van der Waals surface area contributed by atoms with Gasteiger partial charge in [0.05, 0.1) is 45.3 Å². The molecule has 1 heterocycles. The Hall–Kier alpha value is -3.42. The lowest BCUT2D eigenvalue weighted by Crippen LogP contribution is -2.18. The van der Waals surface area contributed by atoms with Crippen LogP contribution < -0.4 is 19.9 Å². The second-order valence-electron chi connectivity index (χ2n) is 5.93. The molecule has 0 amide bonds. The predicted molar refractivity (Wildman–Crippen MR) is 99.1 cm³/mol. The summed E-state index contributed by atoms with van der Waals surface area (Å²) in [6.07, 6.45) is -0.177. The first-order chi connectivity index (χ1) is 13.0. The Morgan fingerprint density at radius 3 is 2.33 bits per heavy atom. The van der Waals surface area contributed by atoms with E-state index in [0.29, 0.717) is 33.8 Å². The number of benzene rings is 2. The molecule has 0 aliphatic heterocycles. The standard InChI is InChI=1S/C19H20N2O6/c1-25-14-7-11(8-15(26-2)18(14)27-3)10-21-17-12(9-16(22)23)5-4-6-13(17)20-19(21)24/h4-8H,9-10H2,1-3H3,(H,20,24)(H,22,23). The van der Waals surface area contributed by atoms with Crippen LogP contribution >= 0.6 is 0 Å². The SMILES string of the molecule is COc1cc(Cn2c(=O)[nH]c3cccc(CC(=O)O)c32)cc(OC)c1OC. The van der Waals surface area contributed by atoms with Gasteiger partial charge in [-0.2, -0.15) is 0 Å². The highest BCUT2D eigenvalue weighted by Gasteiger charge is 2.17. The van der Waals surface area contributed by atoms with E-state index in [4.69, 9.17) is 19.3 Å². The molecule has 3 aromatic rings. The van der Waals surface area contributed by atoms with Gasteiger partial charge in [0.15, 0.2) is 11.5 Å². The summed E-state index contributed by atoms with van der Waals surface area (Å²) < 4.78 is 17.5. The molecule has 1 aromatic heterocycles. The molecule has 2 N–H and O–H groups in total. The van der Waals surface area contributed by atoms with Crippen LogP contribution in [0.3, 0.4) is 0 Å². The van der Waals surface area contributed by atoms with Crippen molar-refractivity contribution >= 4 is 17.0 Å². The number of carboxylic acids is 1. The zero-order chi connectivity index (χ0) is 19.6. The number of aromatic amines is 1. The van der Waals surface area contributed by atoms with E-state index in [0.717, 1.165) is 5.56 Å². The number of fused-ring (bicyclic) bond motifs is 1. The summed E-state index contributed by atoms with van der Waals surface area (Å²) in [4.78, 5) is 26.4. The molecular formula is C19H20N2O6. The second kappa shape index (κ2) is 7.45. The number of rotatable bonds is 7. The van der Waals surface area contributed by atoms with Gasteiger partial charge in [0.1, 0.15) is 0 Å². The van der Waals surface area contributed by atoms with Crippen LogP contribution in [0.4, 0.5) is 0 Å². The lowest BCUT2D eigenvalue weighted by molar-refractivity contribution is -0.136. The van der Waals surface area contributed by atoms with Gasteiger partial charge in [-0.25, -0.2) is 4.79 Å². The Labute approximate surface area is 154 Å². The number of carboxylic acid groups (broad SMARTS) is 1. The molecular weight excluding hydrogens is 352 g/mol. The van der Waals surface area contributed by atoms with Crippen molar-refractivity contribution in [2.75, 3.05) is 21.3 Å². The number of carbonyl (C=O) groups is 1. The average molecular weight is 372 g/mol. The van der Waals surface area contributed by atoms with Gasteiger partial charge in [0.2, 0.25) is 5.75 Å². The minimum atomic E-state index is -0.963. The molecule has 8 heteroatoms. The Balaban J connectivity index is 2.13. The van der Waals surface area contributed by atoms with Crippen molar-refractivity contribution in [3.63, 3.8) is 0 Å². The summed E-state index contributed by atoms with van der Waals surface area (Å²) in [6.45, 7) is 0.214. The van der Waals surface area contributed by atoms with Gasteiger partial charge in [-0.15, -0.1) is 0 Å². The summed E-state index contributed by atoms with van der Waals surface area (Å²) in [5.74, 6) is 0.452. The van der Waals surface area contributed by atoms with E-state index in [2.05, 4.69) is 4.98 Å². The van der Waals surface area contributed by atoms with E-state index in [9.17, 15) is 9.59 Å². The zero-order valence-electron chi connectivity index (χ0n) is 15.2. The first-order valence-electron chi connectivity index (χ1n) is 8.19. The van der Waals surface area contributed by atoms with E-state index in [1.165, 1.54) is 25.9 Å². The average Bonchev–Trinajstić information content (AvgIpc) is 2.96. The van der Waals surface area contributed by atoms with E-state index < -0.39 is 5.97 Å². The van der Waals surface area contributed by atoms with Gasteiger partial charge in [-0.1, -0.05) is 12.1 Å². The quantitative estimate of drug-likeness (QED) is 0.658. The smallest absolute Gasteiger partial charge is 0.326 e. The van der Waals surface area contributed by atoms with Crippen molar-refractivity contribution in [2.45, 2.75) is 13.0 Å². The molecule has 2 aromatic carbocycles. The molecule has 0 atom stereocenters. The van der Waals surface area contributed by atoms with Crippen LogP contribution in [0.5, 0.6) is 17.2 Å². The molecule has 0 saturated carbocycles. The molecule has 27 heavy (non-hydrogen) atoms. The number of para-hydroxylation sites is 1. The number of imidazole rings is 1. The van der Waals surface area contributed by atoms with E-state index in [1.807, 2.05) is 0 Å². The van der Waals surface area contributed by atoms with Crippen molar-refractivity contribution in [2.24, 2.45) is 0 Å². The maximum Gasteiger partial charge on any atom is 0.326 e. The van der Waals surface area contributed by atoms with Crippen LogP contribution in [0.1, 0.15) is 11.1 Å². The number of hydrogen-bond donors (Lipinski definition) is 2. The van der Waals surface area contributed by atoms with E-state index >= 15 is 0 Å². The molecule has 0 saturated heterocycles. The topological polar surface area (TPSA) is 103 Å². The highest BCUT2D eigenvalue weighted by Crippen LogP contribution is 2.38. The number of nitrogens with zero attached hydrogens (tertiary/aromatic N) is 1. The number of nitrogens with one attached hydrogen (secondary N) is 1. The number of hydrogen-bond acceptors (Lipinski definition) is 5. The van der Waals surface area contributed by atoms with Crippen molar-refractivity contribution in [3.05, 3.63) is 51.9 Å². The Morgan fingerprint density at radius 1 is 1.11 bits per heavy atom. The third-order valence-electron chi connectivity index (χ3n) is 4.28. The highest BCUT2D eigenvalue weighted by molar-refractivity contribution is 5.83. The number of methoxy groups -OCH3 is 3. The summed E-state index contributed by atoms with van der Waals surface area (Å²) in [6, 6.07) is 8.68. The monoisotopic (exact) mass is 372 g/mol. The van der Waals surface area contributed by atoms with Gasteiger partial charge in [0.25, 0.3) is 0 Å². The molecule has 142 valence electrons. The third kappa shape index (κ3) is 3.46. The molecule has 0 bridgehead atoms. The molecule has 0 fully saturated rings. The van der Waals surface area contributed by atoms with Gasteiger partial charge in [-0.3, -0.25) is 9.36 Å². The van der Waals surface area contributed by atoms with Gasteiger partial charge in [-0.05, 0) is 29.3 Å². The van der Waals surface area contributed by atoms with Crippen LogP contribution in [0.15, 0.2) is 35.1 Å². The molecule has 8 nitrogen and oxygen atoms in total. The number of aromatic nitrogens is 2. The highest BCUT2D eigenvalue weighted by atomic mass is 16.5. The first-order valence-corrected chi connectivity index (χ1v) is 8.19. The zero-order valence-corrected chi connectivity index (χ0v) is 15.2.